The van der Waals surface area contributed by atoms with Crippen molar-refractivity contribution in [3.8, 4) is 0 Å². The molecule has 1 N–H and O–H groups in total. The molecule has 2 fully saturated rings. The van der Waals surface area contributed by atoms with Gasteiger partial charge in [-0.2, -0.15) is 5.10 Å². The summed E-state index contributed by atoms with van der Waals surface area (Å²) in [6, 6.07) is 2.31. The molecule has 4 nitrogen and oxygen atoms in total. The number of hydrogen-bond donors (Lipinski definition) is 1. The predicted molar refractivity (Wildman–Crippen MR) is 84.3 cm³/mol. The SMILES string of the molecule is CCc1cc(CC2(CNCCOC)CC3CC3C2)n(C)n1. The van der Waals surface area contributed by atoms with Gasteiger partial charge in [-0.3, -0.25) is 4.68 Å². The average molecular weight is 291 g/mol. The summed E-state index contributed by atoms with van der Waals surface area (Å²) in [5.41, 5.74) is 3.07. The largest absolute Gasteiger partial charge is 0.383 e. The van der Waals surface area contributed by atoms with E-state index in [2.05, 4.69) is 35.1 Å². The number of fused-ring (bicyclic) bond motifs is 1. The Hall–Kier alpha value is -0.870. The van der Waals surface area contributed by atoms with Crippen molar-refractivity contribution in [2.45, 2.75) is 39.0 Å². The Labute approximate surface area is 128 Å². The van der Waals surface area contributed by atoms with Crippen molar-refractivity contribution in [1.29, 1.82) is 0 Å². The monoisotopic (exact) mass is 291 g/mol. The molecule has 21 heavy (non-hydrogen) atoms. The first-order chi connectivity index (χ1) is 10.2. The van der Waals surface area contributed by atoms with E-state index in [9.17, 15) is 0 Å². The van der Waals surface area contributed by atoms with Gasteiger partial charge in [-0.05, 0) is 55.4 Å². The quantitative estimate of drug-likeness (QED) is 0.746. The molecular weight excluding hydrogens is 262 g/mol. The molecule has 2 aliphatic rings. The maximum absolute atomic E-state index is 5.15. The number of nitrogens with zero attached hydrogens (tertiary/aromatic N) is 2. The molecule has 118 valence electrons. The van der Waals surface area contributed by atoms with E-state index in [1.165, 1.54) is 37.1 Å². The minimum Gasteiger partial charge on any atom is -0.383 e. The van der Waals surface area contributed by atoms with Crippen LogP contribution >= 0.6 is 0 Å². The van der Waals surface area contributed by atoms with Gasteiger partial charge in [0.2, 0.25) is 0 Å². The number of ether oxygens (including phenoxy) is 1. The van der Waals surface area contributed by atoms with Crippen LogP contribution in [0.4, 0.5) is 0 Å². The molecule has 2 saturated carbocycles. The summed E-state index contributed by atoms with van der Waals surface area (Å²) in [6.07, 6.45) is 6.46. The van der Waals surface area contributed by atoms with Crippen molar-refractivity contribution >= 4 is 0 Å². The van der Waals surface area contributed by atoms with Crippen LogP contribution in [-0.2, 0) is 24.6 Å². The maximum atomic E-state index is 5.15. The molecule has 0 bridgehead atoms. The lowest BCUT2D eigenvalue weighted by Gasteiger charge is -2.31. The molecule has 3 rings (SSSR count). The summed E-state index contributed by atoms with van der Waals surface area (Å²) in [6.45, 7) is 5.06. The highest BCUT2D eigenvalue weighted by atomic mass is 16.5. The molecular formula is C17H29N3O. The van der Waals surface area contributed by atoms with E-state index < -0.39 is 0 Å². The van der Waals surface area contributed by atoms with E-state index in [0.29, 0.717) is 5.41 Å². The number of aromatic nitrogens is 2. The molecule has 2 atom stereocenters. The van der Waals surface area contributed by atoms with Gasteiger partial charge < -0.3 is 10.1 Å². The Morgan fingerprint density at radius 1 is 1.43 bits per heavy atom. The van der Waals surface area contributed by atoms with Gasteiger partial charge in [0.15, 0.2) is 0 Å². The lowest BCUT2D eigenvalue weighted by atomic mass is 9.78. The zero-order chi connectivity index (χ0) is 14.9. The molecule has 0 aromatic carbocycles. The fourth-order valence-corrected chi connectivity index (χ4v) is 4.18. The summed E-state index contributed by atoms with van der Waals surface area (Å²) in [4.78, 5) is 0. The highest BCUT2D eigenvalue weighted by Gasteiger charge is 2.53. The normalized spacial score (nSPS) is 30.6. The smallest absolute Gasteiger partial charge is 0.0624 e. The van der Waals surface area contributed by atoms with Crippen molar-refractivity contribution in [3.63, 3.8) is 0 Å². The van der Waals surface area contributed by atoms with E-state index >= 15 is 0 Å². The minimum atomic E-state index is 0.445. The Morgan fingerprint density at radius 3 is 2.81 bits per heavy atom. The van der Waals surface area contributed by atoms with Crippen molar-refractivity contribution in [2.75, 3.05) is 26.8 Å². The summed E-state index contributed by atoms with van der Waals surface area (Å²) >= 11 is 0. The van der Waals surface area contributed by atoms with Gasteiger partial charge in [-0.25, -0.2) is 0 Å². The average Bonchev–Trinajstić information content (AvgIpc) is 2.93. The molecule has 0 radical (unpaired) electrons. The Kier molecular flexibility index (Phi) is 4.36. The van der Waals surface area contributed by atoms with Crippen molar-refractivity contribution in [1.82, 2.24) is 15.1 Å². The number of aryl methyl sites for hydroxylation is 2. The lowest BCUT2D eigenvalue weighted by molar-refractivity contribution is 0.185. The zero-order valence-electron chi connectivity index (χ0n) is 13.7. The summed E-state index contributed by atoms with van der Waals surface area (Å²) in [5.74, 6) is 2.01. The zero-order valence-corrected chi connectivity index (χ0v) is 13.7. The van der Waals surface area contributed by atoms with E-state index in [1.807, 2.05) is 0 Å². The minimum absolute atomic E-state index is 0.445. The number of nitrogens with one attached hydrogen (secondary N) is 1. The van der Waals surface area contributed by atoms with Crippen LogP contribution in [-0.4, -0.2) is 36.6 Å². The maximum Gasteiger partial charge on any atom is 0.0624 e. The topological polar surface area (TPSA) is 39.1 Å². The fourth-order valence-electron chi connectivity index (χ4n) is 4.18. The van der Waals surface area contributed by atoms with Crippen LogP contribution < -0.4 is 5.32 Å². The van der Waals surface area contributed by atoms with Crippen molar-refractivity contribution in [2.24, 2.45) is 24.3 Å². The molecule has 0 saturated heterocycles. The van der Waals surface area contributed by atoms with Crippen LogP contribution in [0.5, 0.6) is 0 Å². The third-order valence-corrected chi connectivity index (χ3v) is 5.39. The second kappa shape index (κ2) is 6.09. The van der Waals surface area contributed by atoms with Crippen LogP contribution in [0.15, 0.2) is 6.07 Å². The van der Waals surface area contributed by atoms with Crippen LogP contribution in [0.2, 0.25) is 0 Å². The molecule has 2 aliphatic carbocycles. The van der Waals surface area contributed by atoms with Gasteiger partial charge in [0.25, 0.3) is 0 Å². The summed E-state index contributed by atoms with van der Waals surface area (Å²) < 4.78 is 7.24. The first-order valence-electron chi connectivity index (χ1n) is 8.37. The predicted octanol–water partition coefficient (Wildman–Crippen LogP) is 2.18. The molecule has 4 heteroatoms. The number of methoxy groups -OCH3 is 1. The van der Waals surface area contributed by atoms with Gasteiger partial charge in [0.05, 0.1) is 12.3 Å². The number of rotatable bonds is 8. The van der Waals surface area contributed by atoms with E-state index in [0.717, 1.165) is 38.0 Å². The highest BCUT2D eigenvalue weighted by molar-refractivity contribution is 5.15. The Bertz CT molecular complexity index is 472. The van der Waals surface area contributed by atoms with Gasteiger partial charge in [0, 0.05) is 32.9 Å². The van der Waals surface area contributed by atoms with Gasteiger partial charge in [0.1, 0.15) is 0 Å². The third-order valence-electron chi connectivity index (χ3n) is 5.39. The van der Waals surface area contributed by atoms with Crippen LogP contribution in [0.1, 0.15) is 37.6 Å². The molecule has 0 amide bonds. The molecule has 0 aliphatic heterocycles. The van der Waals surface area contributed by atoms with E-state index in [1.54, 1.807) is 7.11 Å². The molecule has 1 aromatic heterocycles. The van der Waals surface area contributed by atoms with Crippen LogP contribution in [0, 0.1) is 17.3 Å². The van der Waals surface area contributed by atoms with Crippen LogP contribution in [0.3, 0.4) is 0 Å². The third kappa shape index (κ3) is 3.32. The van der Waals surface area contributed by atoms with Gasteiger partial charge in [-0.15, -0.1) is 0 Å². The van der Waals surface area contributed by atoms with Crippen molar-refractivity contribution < 1.29 is 4.74 Å². The lowest BCUT2D eigenvalue weighted by Crippen LogP contribution is -2.37. The second-order valence-electron chi connectivity index (χ2n) is 7.11. The van der Waals surface area contributed by atoms with Gasteiger partial charge in [-0.1, -0.05) is 6.92 Å². The van der Waals surface area contributed by atoms with E-state index in [4.69, 9.17) is 4.74 Å². The molecule has 1 heterocycles. The molecule has 2 unspecified atom stereocenters. The summed E-state index contributed by atoms with van der Waals surface area (Å²) in [7, 11) is 3.86. The highest BCUT2D eigenvalue weighted by Crippen LogP contribution is 2.60. The molecule has 1 aromatic rings. The summed E-state index contributed by atoms with van der Waals surface area (Å²) in [5, 5.41) is 8.23. The second-order valence-corrected chi connectivity index (χ2v) is 7.11. The van der Waals surface area contributed by atoms with Gasteiger partial charge >= 0.3 is 0 Å². The fraction of sp³-hybridized carbons (Fsp3) is 0.824. The Morgan fingerprint density at radius 2 is 2.19 bits per heavy atom. The van der Waals surface area contributed by atoms with Crippen molar-refractivity contribution in [3.05, 3.63) is 17.5 Å². The Balaban J connectivity index is 1.66. The van der Waals surface area contributed by atoms with E-state index in [-0.39, 0.29) is 0 Å². The van der Waals surface area contributed by atoms with Crippen LogP contribution in [0.25, 0.3) is 0 Å². The first kappa shape index (κ1) is 15.0. The number of hydrogen-bond acceptors (Lipinski definition) is 3. The standard InChI is InChI=1S/C17H29N3O/c1-4-15-8-16(20(2)19-15)11-17(12-18-5-6-21-3)9-13-7-14(13)10-17/h8,13-14,18H,4-7,9-12H2,1-3H3. The first-order valence-corrected chi connectivity index (χ1v) is 8.37. The molecule has 0 spiro atoms.